The van der Waals surface area contributed by atoms with Crippen LogP contribution >= 0.6 is 0 Å². The lowest BCUT2D eigenvalue weighted by atomic mass is 10.1. The molecule has 3 N–H and O–H groups in total. The molecular formula is C11H15NO3. The topological polar surface area (TPSA) is 72.5 Å². The predicted molar refractivity (Wildman–Crippen MR) is 56.7 cm³/mol. The molecule has 0 aliphatic rings. The molecule has 15 heavy (non-hydrogen) atoms. The molecular weight excluding hydrogens is 194 g/mol. The Morgan fingerprint density at radius 3 is 2.73 bits per heavy atom. The average Bonchev–Trinajstić information content (AvgIpc) is 2.17. The van der Waals surface area contributed by atoms with E-state index >= 15 is 0 Å². The van der Waals surface area contributed by atoms with Crippen molar-refractivity contribution in [3.63, 3.8) is 0 Å². The van der Waals surface area contributed by atoms with Gasteiger partial charge in [0.25, 0.3) is 0 Å². The van der Waals surface area contributed by atoms with E-state index in [1.807, 2.05) is 6.07 Å². The van der Waals surface area contributed by atoms with Crippen LogP contribution in [-0.4, -0.2) is 16.7 Å². The molecule has 0 aromatic heterocycles. The van der Waals surface area contributed by atoms with Crippen molar-refractivity contribution in [2.24, 2.45) is 5.73 Å². The van der Waals surface area contributed by atoms with Gasteiger partial charge in [0.05, 0.1) is 0 Å². The minimum Gasteiger partial charge on any atom is -0.478 e. The quantitative estimate of drug-likeness (QED) is 0.785. The number of hydrogen-bond donors (Lipinski definition) is 2. The molecule has 4 nitrogen and oxygen atoms in total. The Bertz CT molecular complexity index is 361. The fourth-order valence-electron chi connectivity index (χ4n) is 1.07. The molecule has 0 saturated heterocycles. The Labute approximate surface area is 88.7 Å². The van der Waals surface area contributed by atoms with Gasteiger partial charge >= 0.3 is 5.97 Å². The molecule has 1 rings (SSSR count). The van der Waals surface area contributed by atoms with Gasteiger partial charge in [-0.25, -0.2) is 4.79 Å². The highest BCUT2D eigenvalue weighted by Gasteiger charge is 2.29. The third kappa shape index (κ3) is 2.95. The average molecular weight is 209 g/mol. The molecule has 1 aromatic carbocycles. The number of nitrogens with two attached hydrogens (primary N) is 1. The summed E-state index contributed by atoms with van der Waals surface area (Å²) < 4.78 is 5.35. The fraction of sp³-hybridized carbons (Fsp3) is 0.364. The van der Waals surface area contributed by atoms with Gasteiger partial charge in [-0.05, 0) is 31.5 Å². The number of ether oxygens (including phenoxy) is 1. The van der Waals surface area contributed by atoms with E-state index in [0.29, 0.717) is 12.3 Å². The van der Waals surface area contributed by atoms with Crippen LogP contribution in [0.5, 0.6) is 5.75 Å². The summed E-state index contributed by atoms with van der Waals surface area (Å²) in [4.78, 5) is 10.8. The van der Waals surface area contributed by atoms with E-state index in [2.05, 4.69) is 0 Å². The van der Waals surface area contributed by atoms with Crippen LogP contribution in [-0.2, 0) is 11.3 Å². The number of carboxylic acids is 1. The molecule has 0 aliphatic heterocycles. The van der Waals surface area contributed by atoms with E-state index in [1.54, 1.807) is 18.2 Å². The Hall–Kier alpha value is -1.55. The first-order chi connectivity index (χ1) is 6.95. The highest BCUT2D eigenvalue weighted by Crippen LogP contribution is 2.19. The summed E-state index contributed by atoms with van der Waals surface area (Å²) in [7, 11) is 0. The first-order valence-electron chi connectivity index (χ1n) is 4.67. The van der Waals surface area contributed by atoms with E-state index in [0.717, 1.165) is 5.56 Å². The monoisotopic (exact) mass is 209 g/mol. The van der Waals surface area contributed by atoms with Crippen molar-refractivity contribution in [1.29, 1.82) is 0 Å². The summed E-state index contributed by atoms with van der Waals surface area (Å²) >= 11 is 0. The second-order valence-corrected chi connectivity index (χ2v) is 3.77. The van der Waals surface area contributed by atoms with Gasteiger partial charge in [0, 0.05) is 6.54 Å². The maximum Gasteiger partial charge on any atom is 0.347 e. The molecule has 0 aliphatic carbocycles. The molecule has 0 unspecified atom stereocenters. The minimum atomic E-state index is -1.23. The zero-order valence-electron chi connectivity index (χ0n) is 8.86. The molecule has 0 spiro atoms. The predicted octanol–water partition coefficient (Wildman–Crippen LogP) is 1.39. The number of carbonyl (C=O) groups is 1. The maximum absolute atomic E-state index is 10.8. The van der Waals surface area contributed by atoms with Crippen LogP contribution in [0.3, 0.4) is 0 Å². The Morgan fingerprint density at radius 2 is 2.20 bits per heavy atom. The van der Waals surface area contributed by atoms with Crippen LogP contribution in [0, 0.1) is 0 Å². The first-order valence-corrected chi connectivity index (χ1v) is 4.67. The number of carboxylic acid groups (broad SMARTS) is 1. The van der Waals surface area contributed by atoms with E-state index in [1.165, 1.54) is 13.8 Å². The van der Waals surface area contributed by atoms with Crippen molar-refractivity contribution in [2.45, 2.75) is 26.0 Å². The van der Waals surface area contributed by atoms with Gasteiger partial charge in [-0.1, -0.05) is 12.1 Å². The molecule has 0 amide bonds. The van der Waals surface area contributed by atoms with Gasteiger partial charge in [0.1, 0.15) is 5.75 Å². The van der Waals surface area contributed by atoms with Crippen LogP contribution in [0.15, 0.2) is 24.3 Å². The molecule has 0 heterocycles. The maximum atomic E-state index is 10.8. The number of aliphatic carboxylic acids is 1. The van der Waals surface area contributed by atoms with Gasteiger partial charge in [-0.15, -0.1) is 0 Å². The number of benzene rings is 1. The second kappa shape index (κ2) is 4.31. The van der Waals surface area contributed by atoms with Crippen LogP contribution in [0.25, 0.3) is 0 Å². The summed E-state index contributed by atoms with van der Waals surface area (Å²) in [5.74, 6) is -0.481. The zero-order valence-corrected chi connectivity index (χ0v) is 8.86. The molecule has 0 bridgehead atoms. The van der Waals surface area contributed by atoms with Gasteiger partial charge in [0.2, 0.25) is 0 Å². The largest absolute Gasteiger partial charge is 0.478 e. The summed E-state index contributed by atoms with van der Waals surface area (Å²) in [6, 6.07) is 7.10. The van der Waals surface area contributed by atoms with Crippen LogP contribution < -0.4 is 10.5 Å². The zero-order chi connectivity index (χ0) is 11.5. The van der Waals surface area contributed by atoms with Crippen LogP contribution in [0.2, 0.25) is 0 Å². The highest BCUT2D eigenvalue weighted by atomic mass is 16.5. The summed E-state index contributed by atoms with van der Waals surface area (Å²) in [5.41, 5.74) is 5.15. The first kappa shape index (κ1) is 11.5. The Kier molecular flexibility index (Phi) is 3.31. The molecule has 82 valence electrons. The number of hydrogen-bond acceptors (Lipinski definition) is 3. The third-order valence-electron chi connectivity index (χ3n) is 2.02. The summed E-state index contributed by atoms with van der Waals surface area (Å²) in [6.07, 6.45) is 0. The van der Waals surface area contributed by atoms with E-state index in [-0.39, 0.29) is 0 Å². The van der Waals surface area contributed by atoms with Gasteiger partial charge in [0.15, 0.2) is 5.60 Å². The standard InChI is InChI=1S/C11H15NO3/c1-11(2,10(13)14)15-9-5-3-4-8(6-9)7-12/h3-6H,7,12H2,1-2H3,(H,13,14). The van der Waals surface area contributed by atoms with Gasteiger partial charge in [-0.3, -0.25) is 0 Å². The Balaban J connectivity index is 2.85. The molecule has 0 radical (unpaired) electrons. The van der Waals surface area contributed by atoms with Gasteiger partial charge in [-0.2, -0.15) is 0 Å². The smallest absolute Gasteiger partial charge is 0.347 e. The van der Waals surface area contributed by atoms with Crippen molar-refractivity contribution in [2.75, 3.05) is 0 Å². The molecule has 0 saturated carbocycles. The van der Waals surface area contributed by atoms with Crippen molar-refractivity contribution in [1.82, 2.24) is 0 Å². The lowest BCUT2D eigenvalue weighted by Crippen LogP contribution is -2.37. The summed E-state index contributed by atoms with van der Waals surface area (Å²) in [6.45, 7) is 3.42. The Morgan fingerprint density at radius 1 is 1.53 bits per heavy atom. The molecule has 0 atom stereocenters. The second-order valence-electron chi connectivity index (χ2n) is 3.77. The van der Waals surface area contributed by atoms with Crippen LogP contribution in [0.4, 0.5) is 0 Å². The normalized spacial score (nSPS) is 11.1. The van der Waals surface area contributed by atoms with E-state index in [9.17, 15) is 4.79 Å². The van der Waals surface area contributed by atoms with E-state index < -0.39 is 11.6 Å². The summed E-state index contributed by atoms with van der Waals surface area (Å²) in [5, 5.41) is 8.88. The highest BCUT2D eigenvalue weighted by molar-refractivity contribution is 5.76. The lowest BCUT2D eigenvalue weighted by Gasteiger charge is -2.21. The number of rotatable bonds is 4. The fourth-order valence-corrected chi connectivity index (χ4v) is 1.07. The SMILES string of the molecule is CC(C)(Oc1cccc(CN)c1)C(=O)O. The van der Waals surface area contributed by atoms with E-state index in [4.69, 9.17) is 15.6 Å². The van der Waals surface area contributed by atoms with Crippen molar-refractivity contribution < 1.29 is 14.6 Å². The van der Waals surface area contributed by atoms with Gasteiger partial charge < -0.3 is 15.6 Å². The lowest BCUT2D eigenvalue weighted by molar-refractivity contribution is -0.152. The van der Waals surface area contributed by atoms with Crippen molar-refractivity contribution in [3.05, 3.63) is 29.8 Å². The molecule has 0 fully saturated rings. The van der Waals surface area contributed by atoms with Crippen molar-refractivity contribution >= 4 is 5.97 Å². The molecule has 4 heteroatoms. The van der Waals surface area contributed by atoms with Crippen molar-refractivity contribution in [3.8, 4) is 5.75 Å². The van der Waals surface area contributed by atoms with Crippen LogP contribution in [0.1, 0.15) is 19.4 Å². The molecule has 1 aromatic rings. The third-order valence-corrected chi connectivity index (χ3v) is 2.02. The minimum absolute atomic E-state index is 0.407.